The van der Waals surface area contributed by atoms with Crippen LogP contribution in [0.25, 0.3) is 10.2 Å². The molecule has 0 aliphatic heterocycles. The van der Waals surface area contributed by atoms with Crippen LogP contribution in [-0.2, 0) is 4.74 Å². The average Bonchev–Trinajstić information content (AvgIpc) is 2.80. The predicted molar refractivity (Wildman–Crippen MR) is 85.2 cm³/mol. The summed E-state index contributed by atoms with van der Waals surface area (Å²) in [7, 11) is 5.49. The third kappa shape index (κ3) is 3.48. The van der Waals surface area contributed by atoms with Gasteiger partial charge in [0.2, 0.25) is 0 Å². The summed E-state index contributed by atoms with van der Waals surface area (Å²) in [5, 5.41) is 4.24. The van der Waals surface area contributed by atoms with Crippen molar-refractivity contribution < 1.29 is 9.53 Å². The lowest BCUT2D eigenvalue weighted by molar-refractivity contribution is 0.0605. The van der Waals surface area contributed by atoms with Crippen molar-refractivity contribution >= 4 is 33.3 Å². The van der Waals surface area contributed by atoms with Crippen LogP contribution < -0.4 is 5.32 Å². The maximum absolute atomic E-state index is 11.8. The first-order chi connectivity index (χ1) is 10.0. The molecule has 0 unspecified atom stereocenters. The molecular weight excluding hydrogens is 288 g/mol. The number of anilines is 1. The van der Waals surface area contributed by atoms with Gasteiger partial charge in [-0.1, -0.05) is 0 Å². The van der Waals surface area contributed by atoms with Gasteiger partial charge in [0.1, 0.15) is 21.9 Å². The summed E-state index contributed by atoms with van der Waals surface area (Å²) in [6.45, 7) is 3.74. The summed E-state index contributed by atoms with van der Waals surface area (Å²) in [5.74, 6) is 0.455. The third-order valence-corrected chi connectivity index (χ3v) is 4.35. The van der Waals surface area contributed by atoms with Crippen molar-refractivity contribution in [2.24, 2.45) is 0 Å². The Morgan fingerprint density at radius 1 is 1.43 bits per heavy atom. The highest BCUT2D eigenvalue weighted by Crippen LogP contribution is 2.33. The van der Waals surface area contributed by atoms with Gasteiger partial charge >= 0.3 is 5.97 Å². The molecule has 0 amide bonds. The van der Waals surface area contributed by atoms with Crippen LogP contribution in [0, 0.1) is 6.92 Å². The second-order valence-corrected chi connectivity index (χ2v) is 6.03. The first kappa shape index (κ1) is 15.7. The van der Waals surface area contributed by atoms with E-state index in [4.69, 9.17) is 4.74 Å². The van der Waals surface area contributed by atoms with E-state index in [0.29, 0.717) is 4.88 Å². The fourth-order valence-corrected chi connectivity index (χ4v) is 3.16. The van der Waals surface area contributed by atoms with E-state index in [0.717, 1.165) is 41.1 Å². The number of fused-ring (bicyclic) bond motifs is 1. The van der Waals surface area contributed by atoms with Crippen LogP contribution in [0.15, 0.2) is 6.33 Å². The molecule has 2 aromatic rings. The molecule has 7 heteroatoms. The van der Waals surface area contributed by atoms with Crippen LogP contribution >= 0.6 is 11.3 Å². The molecule has 0 aromatic carbocycles. The van der Waals surface area contributed by atoms with Gasteiger partial charge in [0.05, 0.1) is 12.5 Å². The van der Waals surface area contributed by atoms with Gasteiger partial charge in [-0.3, -0.25) is 0 Å². The highest BCUT2D eigenvalue weighted by Gasteiger charge is 2.19. The quantitative estimate of drug-likeness (QED) is 0.651. The van der Waals surface area contributed by atoms with Crippen molar-refractivity contribution in [3.05, 3.63) is 16.8 Å². The molecule has 1 N–H and O–H groups in total. The second-order valence-electron chi connectivity index (χ2n) is 5.03. The lowest BCUT2D eigenvalue weighted by atomic mass is 10.2. The SMILES string of the molecule is COC(=O)c1sc2ncnc(NCCCN(C)C)c2c1C. The van der Waals surface area contributed by atoms with Crippen LogP contribution in [0.3, 0.4) is 0 Å². The van der Waals surface area contributed by atoms with Crippen LogP contribution in [0.1, 0.15) is 21.7 Å². The Balaban J connectivity index is 2.24. The van der Waals surface area contributed by atoms with E-state index in [1.165, 1.54) is 24.8 Å². The predicted octanol–water partition coefficient (Wildman–Crippen LogP) is 2.15. The number of carbonyl (C=O) groups excluding carboxylic acids is 1. The summed E-state index contributed by atoms with van der Waals surface area (Å²) in [5.41, 5.74) is 0.873. The van der Waals surface area contributed by atoms with Crippen LogP contribution in [0.5, 0.6) is 0 Å². The Bertz CT molecular complexity index is 639. The Morgan fingerprint density at radius 3 is 2.86 bits per heavy atom. The van der Waals surface area contributed by atoms with Gasteiger partial charge < -0.3 is 15.0 Å². The molecule has 2 heterocycles. The molecule has 6 nitrogen and oxygen atoms in total. The van der Waals surface area contributed by atoms with Crippen molar-refractivity contribution in [1.29, 1.82) is 0 Å². The molecule has 0 fully saturated rings. The number of hydrogen-bond donors (Lipinski definition) is 1. The Kier molecular flexibility index (Phi) is 5.08. The molecule has 0 spiro atoms. The van der Waals surface area contributed by atoms with E-state index < -0.39 is 0 Å². The topological polar surface area (TPSA) is 67.3 Å². The van der Waals surface area contributed by atoms with E-state index in [-0.39, 0.29) is 5.97 Å². The van der Waals surface area contributed by atoms with Crippen molar-refractivity contribution in [2.75, 3.05) is 39.6 Å². The van der Waals surface area contributed by atoms with Gasteiger partial charge in [-0.05, 0) is 39.5 Å². The zero-order chi connectivity index (χ0) is 15.4. The number of methoxy groups -OCH3 is 1. The van der Waals surface area contributed by atoms with E-state index in [9.17, 15) is 4.79 Å². The van der Waals surface area contributed by atoms with Crippen molar-refractivity contribution in [3.8, 4) is 0 Å². The third-order valence-electron chi connectivity index (χ3n) is 3.17. The standard InChI is InChI=1S/C14H20N4O2S/c1-9-10-12(15-6-5-7-18(2)3)16-8-17-13(10)21-11(9)14(19)20-4/h8H,5-7H2,1-4H3,(H,15,16,17). The minimum absolute atomic E-state index is 0.325. The fraction of sp³-hybridized carbons (Fsp3) is 0.500. The molecule has 0 aliphatic rings. The molecule has 21 heavy (non-hydrogen) atoms. The monoisotopic (exact) mass is 308 g/mol. The first-order valence-corrected chi connectivity index (χ1v) is 7.57. The van der Waals surface area contributed by atoms with Gasteiger partial charge in [-0.2, -0.15) is 0 Å². The van der Waals surface area contributed by atoms with Gasteiger partial charge in [0.25, 0.3) is 0 Å². The smallest absolute Gasteiger partial charge is 0.348 e. The number of ether oxygens (including phenoxy) is 1. The Hall–Kier alpha value is -1.73. The number of nitrogens with zero attached hydrogens (tertiary/aromatic N) is 3. The number of carbonyl (C=O) groups is 1. The zero-order valence-electron chi connectivity index (χ0n) is 12.8. The molecule has 114 valence electrons. The Morgan fingerprint density at radius 2 is 2.19 bits per heavy atom. The highest BCUT2D eigenvalue weighted by molar-refractivity contribution is 7.20. The van der Waals surface area contributed by atoms with Gasteiger partial charge in [0.15, 0.2) is 0 Å². The van der Waals surface area contributed by atoms with E-state index in [2.05, 4.69) is 34.3 Å². The minimum atomic E-state index is -0.325. The number of rotatable bonds is 6. The van der Waals surface area contributed by atoms with Crippen LogP contribution in [0.2, 0.25) is 0 Å². The Labute approximate surface area is 128 Å². The normalized spacial score (nSPS) is 11.1. The number of esters is 1. The number of nitrogens with one attached hydrogen (secondary N) is 1. The summed E-state index contributed by atoms with van der Waals surface area (Å²) in [6, 6.07) is 0. The molecule has 2 aromatic heterocycles. The molecule has 0 aliphatic carbocycles. The number of aryl methyl sites for hydroxylation is 1. The van der Waals surface area contributed by atoms with E-state index in [1.807, 2.05) is 6.92 Å². The molecule has 0 radical (unpaired) electrons. The second kappa shape index (κ2) is 6.82. The molecule has 0 atom stereocenters. The van der Waals surface area contributed by atoms with E-state index >= 15 is 0 Å². The van der Waals surface area contributed by atoms with Gasteiger partial charge in [-0.25, -0.2) is 14.8 Å². The van der Waals surface area contributed by atoms with Crippen LogP contribution in [0.4, 0.5) is 5.82 Å². The number of aromatic nitrogens is 2. The van der Waals surface area contributed by atoms with Gasteiger partial charge in [-0.15, -0.1) is 11.3 Å². The lowest BCUT2D eigenvalue weighted by Gasteiger charge is -2.10. The lowest BCUT2D eigenvalue weighted by Crippen LogP contribution is -2.16. The maximum atomic E-state index is 11.8. The maximum Gasteiger partial charge on any atom is 0.348 e. The zero-order valence-corrected chi connectivity index (χ0v) is 13.6. The minimum Gasteiger partial charge on any atom is -0.465 e. The highest BCUT2D eigenvalue weighted by atomic mass is 32.1. The van der Waals surface area contributed by atoms with E-state index in [1.54, 1.807) is 0 Å². The molecule has 0 saturated heterocycles. The number of thiophene rings is 1. The van der Waals surface area contributed by atoms with Crippen molar-refractivity contribution in [3.63, 3.8) is 0 Å². The fourth-order valence-electron chi connectivity index (χ4n) is 2.10. The first-order valence-electron chi connectivity index (χ1n) is 6.75. The van der Waals surface area contributed by atoms with Crippen molar-refractivity contribution in [1.82, 2.24) is 14.9 Å². The largest absolute Gasteiger partial charge is 0.465 e. The molecule has 0 bridgehead atoms. The summed E-state index contributed by atoms with van der Waals surface area (Å²) >= 11 is 1.34. The van der Waals surface area contributed by atoms with Gasteiger partial charge in [0, 0.05) is 6.54 Å². The summed E-state index contributed by atoms with van der Waals surface area (Å²) in [4.78, 5) is 23.8. The number of hydrogen-bond acceptors (Lipinski definition) is 7. The molecule has 0 saturated carbocycles. The summed E-state index contributed by atoms with van der Waals surface area (Å²) < 4.78 is 4.81. The molecule has 2 rings (SSSR count). The molecular formula is C14H20N4O2S. The van der Waals surface area contributed by atoms with Crippen molar-refractivity contribution in [2.45, 2.75) is 13.3 Å². The van der Waals surface area contributed by atoms with Crippen LogP contribution in [-0.4, -0.2) is 55.1 Å². The summed E-state index contributed by atoms with van der Waals surface area (Å²) in [6.07, 6.45) is 2.54. The average molecular weight is 308 g/mol.